The molecule has 1 heterocycles. The fourth-order valence-corrected chi connectivity index (χ4v) is 4.28. The third-order valence-electron chi connectivity index (χ3n) is 5.75. The first-order valence-corrected chi connectivity index (χ1v) is 8.19. The van der Waals surface area contributed by atoms with E-state index in [1.165, 1.54) is 6.07 Å². The van der Waals surface area contributed by atoms with Gasteiger partial charge in [-0.25, -0.2) is 4.39 Å². The number of carbonyl (C=O) groups excluding carboxylic acids is 1. The predicted molar refractivity (Wildman–Crippen MR) is 86.0 cm³/mol. The number of hydrogen-bond donors (Lipinski definition) is 1. The Bertz CT molecular complexity index is 619. The minimum atomic E-state index is -0.946. The summed E-state index contributed by atoms with van der Waals surface area (Å²) in [4.78, 5) is 14.6. The van der Waals surface area contributed by atoms with Gasteiger partial charge in [-0.15, -0.1) is 0 Å². The van der Waals surface area contributed by atoms with Crippen LogP contribution < -0.4 is 5.73 Å². The Hall–Kier alpha value is -1.46. The maximum absolute atomic E-state index is 13.8. The number of hydrogen-bond acceptors (Lipinski definition) is 3. The maximum Gasteiger partial charge on any atom is 0.243 e. The third-order valence-corrected chi connectivity index (χ3v) is 5.75. The van der Waals surface area contributed by atoms with Gasteiger partial charge in [0, 0.05) is 37.1 Å². The molecular weight excluding hydrogens is 295 g/mol. The van der Waals surface area contributed by atoms with Crippen LogP contribution in [0.3, 0.4) is 0 Å². The lowest BCUT2D eigenvalue weighted by atomic mass is 9.46. The van der Waals surface area contributed by atoms with Crippen LogP contribution in [0.1, 0.15) is 32.3 Å². The molecule has 1 saturated carbocycles. The molecule has 23 heavy (non-hydrogen) atoms. The first kappa shape index (κ1) is 16.4. The summed E-state index contributed by atoms with van der Waals surface area (Å²) in [5.41, 5.74) is 5.74. The Labute approximate surface area is 136 Å². The van der Waals surface area contributed by atoms with Gasteiger partial charge < -0.3 is 15.4 Å². The molecule has 0 radical (unpaired) electrons. The Morgan fingerprint density at radius 3 is 2.83 bits per heavy atom. The lowest BCUT2D eigenvalue weighted by molar-refractivity contribution is -0.229. The second kappa shape index (κ2) is 5.56. The highest BCUT2D eigenvalue weighted by Gasteiger charge is 2.70. The third kappa shape index (κ3) is 2.29. The van der Waals surface area contributed by atoms with Crippen molar-refractivity contribution in [2.45, 2.75) is 44.9 Å². The average Bonchev–Trinajstić information content (AvgIpc) is 2.55. The summed E-state index contributed by atoms with van der Waals surface area (Å²) in [6, 6.07) is 6.52. The van der Waals surface area contributed by atoms with Crippen LogP contribution in [-0.4, -0.2) is 36.1 Å². The van der Waals surface area contributed by atoms with Crippen LogP contribution in [0.4, 0.5) is 4.39 Å². The lowest BCUT2D eigenvalue weighted by Crippen LogP contribution is -2.82. The van der Waals surface area contributed by atoms with Crippen LogP contribution >= 0.6 is 0 Å². The minimum absolute atomic E-state index is 0.0343. The van der Waals surface area contributed by atoms with Crippen molar-refractivity contribution in [3.8, 4) is 0 Å². The van der Waals surface area contributed by atoms with E-state index in [4.69, 9.17) is 10.5 Å². The van der Waals surface area contributed by atoms with Crippen molar-refractivity contribution in [3.05, 3.63) is 35.6 Å². The van der Waals surface area contributed by atoms with Crippen LogP contribution in [0.2, 0.25) is 0 Å². The van der Waals surface area contributed by atoms with Crippen molar-refractivity contribution in [2.75, 3.05) is 13.7 Å². The molecule has 1 aromatic rings. The van der Waals surface area contributed by atoms with E-state index < -0.39 is 11.0 Å². The number of carbonyl (C=O) groups is 1. The molecule has 2 N–H and O–H groups in total. The summed E-state index contributed by atoms with van der Waals surface area (Å²) in [6.45, 7) is 4.95. The summed E-state index contributed by atoms with van der Waals surface area (Å²) in [7, 11) is 1.69. The first-order valence-electron chi connectivity index (χ1n) is 8.19. The molecule has 1 amide bonds. The number of ether oxygens (including phenoxy) is 1. The fraction of sp³-hybridized carbons (Fsp3) is 0.611. The van der Waals surface area contributed by atoms with Gasteiger partial charge in [-0.3, -0.25) is 4.79 Å². The van der Waals surface area contributed by atoms with E-state index in [0.29, 0.717) is 5.56 Å². The number of nitrogens with two attached hydrogens (primary N) is 1. The summed E-state index contributed by atoms with van der Waals surface area (Å²) in [5.74, 6) is -0.385. The van der Waals surface area contributed by atoms with Crippen molar-refractivity contribution in [1.82, 2.24) is 4.90 Å². The van der Waals surface area contributed by atoms with E-state index in [9.17, 15) is 9.18 Å². The first-order chi connectivity index (χ1) is 10.8. The summed E-state index contributed by atoms with van der Waals surface area (Å²) in [5, 5.41) is 0. The molecule has 1 aromatic carbocycles. The minimum Gasteiger partial charge on any atom is -0.377 e. The van der Waals surface area contributed by atoms with Gasteiger partial charge in [0.15, 0.2) is 0 Å². The van der Waals surface area contributed by atoms with E-state index >= 15 is 0 Å². The van der Waals surface area contributed by atoms with Gasteiger partial charge in [-0.2, -0.15) is 0 Å². The van der Waals surface area contributed by atoms with E-state index in [1.807, 2.05) is 13.8 Å². The Kier molecular flexibility index (Phi) is 3.97. The lowest BCUT2D eigenvalue weighted by Gasteiger charge is -2.65. The van der Waals surface area contributed by atoms with Gasteiger partial charge in [0.05, 0.1) is 6.10 Å². The molecule has 3 atom stereocenters. The van der Waals surface area contributed by atoms with Crippen molar-refractivity contribution < 1.29 is 13.9 Å². The molecular formula is C18H25FN2O2. The standard InChI is InChI=1S/C18H25FN2O2/c1-17(2)15-13(8-6-10-23-15)18(17,20)16(22)21(3)11-12-7-4-5-9-14(12)19/h4-5,7,9,13,15H,6,8,10-11,20H2,1-3H3. The smallest absolute Gasteiger partial charge is 0.243 e. The second-order valence-electron chi connectivity index (χ2n) is 7.38. The number of likely N-dealkylation sites (N-methyl/N-ethyl adjacent to an activating group) is 1. The molecule has 1 saturated heterocycles. The molecule has 4 nitrogen and oxygen atoms in total. The predicted octanol–water partition coefficient (Wildman–Crippen LogP) is 2.32. The SMILES string of the molecule is CN(Cc1ccccc1F)C(=O)C1(N)C2CCCOC2C1(C)C. The van der Waals surface area contributed by atoms with Crippen molar-refractivity contribution in [3.63, 3.8) is 0 Å². The summed E-state index contributed by atoms with van der Waals surface area (Å²) in [6.07, 6.45) is 1.87. The zero-order chi connectivity index (χ0) is 16.8. The number of nitrogens with zero attached hydrogens (tertiary/aromatic N) is 1. The monoisotopic (exact) mass is 320 g/mol. The Morgan fingerprint density at radius 2 is 2.13 bits per heavy atom. The van der Waals surface area contributed by atoms with E-state index in [2.05, 4.69) is 0 Å². The van der Waals surface area contributed by atoms with Crippen molar-refractivity contribution in [2.24, 2.45) is 17.1 Å². The fourth-order valence-electron chi connectivity index (χ4n) is 4.28. The zero-order valence-electron chi connectivity index (χ0n) is 14.0. The van der Waals surface area contributed by atoms with Crippen molar-refractivity contribution in [1.29, 1.82) is 0 Å². The second-order valence-corrected chi connectivity index (χ2v) is 7.38. The van der Waals surface area contributed by atoms with Crippen LogP contribution in [0, 0.1) is 17.2 Å². The molecule has 0 bridgehead atoms. The molecule has 126 valence electrons. The molecule has 1 aliphatic carbocycles. The van der Waals surface area contributed by atoms with Crippen molar-refractivity contribution >= 4 is 5.91 Å². The maximum atomic E-state index is 13.8. The molecule has 1 aliphatic heterocycles. The zero-order valence-corrected chi connectivity index (χ0v) is 14.0. The highest BCUT2D eigenvalue weighted by Crippen LogP contribution is 2.57. The van der Waals surface area contributed by atoms with Gasteiger partial charge in [0.2, 0.25) is 5.91 Å². The Morgan fingerprint density at radius 1 is 1.43 bits per heavy atom. The Balaban J connectivity index is 1.80. The molecule has 2 fully saturated rings. The molecule has 5 heteroatoms. The van der Waals surface area contributed by atoms with Crippen LogP contribution in [0.15, 0.2) is 24.3 Å². The number of amides is 1. The van der Waals surface area contributed by atoms with E-state index in [-0.39, 0.29) is 30.3 Å². The van der Waals surface area contributed by atoms with Gasteiger partial charge in [0.1, 0.15) is 11.4 Å². The van der Waals surface area contributed by atoms with Gasteiger partial charge in [-0.05, 0) is 18.9 Å². The summed E-state index contributed by atoms with van der Waals surface area (Å²) >= 11 is 0. The van der Waals surface area contributed by atoms with Gasteiger partial charge >= 0.3 is 0 Å². The quantitative estimate of drug-likeness (QED) is 0.930. The van der Waals surface area contributed by atoms with Gasteiger partial charge in [-0.1, -0.05) is 32.0 Å². The number of rotatable bonds is 3. The largest absolute Gasteiger partial charge is 0.377 e. The highest BCUT2D eigenvalue weighted by molar-refractivity contribution is 5.89. The molecule has 3 unspecified atom stereocenters. The van der Waals surface area contributed by atoms with Gasteiger partial charge in [0.25, 0.3) is 0 Å². The van der Waals surface area contributed by atoms with Crippen LogP contribution in [0.25, 0.3) is 0 Å². The molecule has 3 rings (SSSR count). The topological polar surface area (TPSA) is 55.6 Å². The normalized spacial score (nSPS) is 31.9. The van der Waals surface area contributed by atoms with E-state index in [1.54, 1.807) is 30.1 Å². The van der Waals surface area contributed by atoms with Crippen LogP contribution in [-0.2, 0) is 16.1 Å². The van der Waals surface area contributed by atoms with E-state index in [0.717, 1.165) is 19.4 Å². The number of benzene rings is 1. The molecule has 0 aromatic heterocycles. The molecule has 0 spiro atoms. The van der Waals surface area contributed by atoms with Crippen LogP contribution in [0.5, 0.6) is 0 Å². The average molecular weight is 320 g/mol. The number of fused-ring (bicyclic) bond motifs is 1. The summed E-state index contributed by atoms with van der Waals surface area (Å²) < 4.78 is 19.7. The number of halogens is 1. The molecule has 2 aliphatic rings. The highest BCUT2D eigenvalue weighted by atomic mass is 19.1.